The molecule has 0 aliphatic rings. The quantitative estimate of drug-likeness (QED) is 0.322. The van der Waals surface area contributed by atoms with Crippen molar-refractivity contribution in [3.63, 3.8) is 0 Å². The smallest absolute Gasteiger partial charge is 0.0175 e. The van der Waals surface area contributed by atoms with Crippen molar-refractivity contribution >= 4 is 22.0 Å². The number of rotatable bonds is 7. The first-order valence-electron chi connectivity index (χ1n) is 6.57. The van der Waals surface area contributed by atoms with Gasteiger partial charge in [0.1, 0.15) is 0 Å². The molecule has 0 spiro atoms. The molecule has 0 bridgehead atoms. The fourth-order valence-corrected chi connectivity index (χ4v) is 2.00. The molecule has 0 nitrogen and oxygen atoms in total. The maximum Gasteiger partial charge on any atom is 0.0175 e. The number of hydrogen-bond donors (Lipinski definition) is 0. The third-order valence-corrected chi connectivity index (χ3v) is 3.31. The van der Waals surface area contributed by atoms with Gasteiger partial charge >= 0.3 is 0 Å². The highest BCUT2D eigenvalue weighted by Crippen LogP contribution is 2.14. The number of halogens is 1. The minimum absolute atomic E-state index is 0.941. The van der Waals surface area contributed by atoms with Crippen molar-refractivity contribution in [1.29, 1.82) is 0 Å². The summed E-state index contributed by atoms with van der Waals surface area (Å²) in [5.74, 6) is 0. The SMILES string of the molecule is C=CCC(=C=Cc1ccc(Br)cc1)CCCCC. The summed E-state index contributed by atoms with van der Waals surface area (Å²) < 4.78 is 1.11. The number of benzene rings is 1. The molecule has 0 unspecified atom stereocenters. The maximum absolute atomic E-state index is 3.81. The van der Waals surface area contributed by atoms with Crippen molar-refractivity contribution in [2.24, 2.45) is 0 Å². The van der Waals surface area contributed by atoms with Crippen LogP contribution in [0.2, 0.25) is 0 Å². The molecule has 0 amide bonds. The lowest BCUT2D eigenvalue weighted by molar-refractivity contribution is 0.708. The van der Waals surface area contributed by atoms with E-state index in [-0.39, 0.29) is 0 Å². The lowest BCUT2D eigenvalue weighted by Gasteiger charge is -2.00. The van der Waals surface area contributed by atoms with Crippen LogP contribution in [0.15, 0.2) is 52.7 Å². The van der Waals surface area contributed by atoms with Crippen molar-refractivity contribution in [3.8, 4) is 0 Å². The summed E-state index contributed by atoms with van der Waals surface area (Å²) >= 11 is 3.44. The van der Waals surface area contributed by atoms with Gasteiger partial charge in [0.2, 0.25) is 0 Å². The second kappa shape index (κ2) is 8.97. The van der Waals surface area contributed by atoms with Crippen molar-refractivity contribution in [1.82, 2.24) is 0 Å². The largest absolute Gasteiger partial charge is 0.121 e. The molecule has 0 radical (unpaired) electrons. The average molecular weight is 305 g/mol. The van der Waals surface area contributed by atoms with E-state index in [1.54, 1.807) is 0 Å². The number of hydrogen-bond acceptors (Lipinski definition) is 0. The van der Waals surface area contributed by atoms with Crippen LogP contribution in [0.4, 0.5) is 0 Å². The van der Waals surface area contributed by atoms with Gasteiger partial charge in [0, 0.05) is 4.47 Å². The van der Waals surface area contributed by atoms with Gasteiger partial charge in [-0.05, 0) is 48.6 Å². The highest BCUT2D eigenvalue weighted by Gasteiger charge is 1.94. The van der Waals surface area contributed by atoms with E-state index in [2.05, 4.69) is 65.5 Å². The predicted molar refractivity (Wildman–Crippen MR) is 84.6 cm³/mol. The van der Waals surface area contributed by atoms with Gasteiger partial charge in [0.05, 0.1) is 0 Å². The second-order valence-corrected chi connectivity index (χ2v) is 5.31. The third kappa shape index (κ3) is 6.05. The summed E-state index contributed by atoms with van der Waals surface area (Å²) in [6.45, 7) is 6.05. The first-order chi connectivity index (χ1) is 8.76. The highest BCUT2D eigenvalue weighted by atomic mass is 79.9. The fraction of sp³-hybridized carbons (Fsp3) is 0.353. The summed E-state index contributed by atoms with van der Waals surface area (Å²) in [4.78, 5) is 0. The molecular formula is C17H21Br. The standard InChI is InChI=1S/C17H21Br/c1-3-5-6-8-15(7-4-2)9-10-16-11-13-17(18)14-12-16/h4,10-14H,2-3,5-8H2,1H3. The number of allylic oxidation sites excluding steroid dienone is 2. The number of unbranched alkanes of at least 4 members (excludes halogenated alkanes) is 2. The van der Waals surface area contributed by atoms with E-state index in [0.717, 1.165) is 17.3 Å². The predicted octanol–water partition coefficient (Wildman–Crippen LogP) is 6.14. The Balaban J connectivity index is 2.72. The third-order valence-electron chi connectivity index (χ3n) is 2.79. The van der Waals surface area contributed by atoms with E-state index in [1.165, 1.54) is 30.4 Å². The van der Waals surface area contributed by atoms with Gasteiger partial charge in [-0.2, -0.15) is 0 Å². The molecule has 1 aromatic carbocycles. The first-order valence-corrected chi connectivity index (χ1v) is 7.36. The summed E-state index contributed by atoms with van der Waals surface area (Å²) in [5, 5.41) is 0. The van der Waals surface area contributed by atoms with Crippen LogP contribution < -0.4 is 0 Å². The Morgan fingerprint density at radius 1 is 1.28 bits per heavy atom. The Hall–Kier alpha value is -1.04. The molecular weight excluding hydrogens is 284 g/mol. The molecule has 0 atom stereocenters. The van der Waals surface area contributed by atoms with Crippen molar-refractivity contribution in [2.45, 2.75) is 39.0 Å². The average Bonchev–Trinajstić information content (AvgIpc) is 2.38. The topological polar surface area (TPSA) is 0 Å². The van der Waals surface area contributed by atoms with Crippen molar-refractivity contribution in [3.05, 3.63) is 58.3 Å². The minimum atomic E-state index is 0.941. The Bertz CT molecular complexity index is 419. The van der Waals surface area contributed by atoms with Crippen LogP contribution in [0, 0.1) is 0 Å². The van der Waals surface area contributed by atoms with Crippen LogP contribution in [0.5, 0.6) is 0 Å². The zero-order chi connectivity index (χ0) is 13.2. The summed E-state index contributed by atoms with van der Waals surface area (Å²) in [6.07, 6.45) is 9.91. The van der Waals surface area contributed by atoms with Crippen molar-refractivity contribution in [2.75, 3.05) is 0 Å². The van der Waals surface area contributed by atoms with Crippen LogP contribution in [-0.2, 0) is 0 Å². The fourth-order valence-electron chi connectivity index (χ4n) is 1.74. The maximum atomic E-state index is 3.81. The van der Waals surface area contributed by atoms with Gasteiger partial charge in [0.15, 0.2) is 0 Å². The van der Waals surface area contributed by atoms with Gasteiger partial charge in [-0.15, -0.1) is 12.3 Å². The van der Waals surface area contributed by atoms with Crippen LogP contribution in [0.1, 0.15) is 44.6 Å². The molecule has 1 aromatic rings. The molecule has 0 aliphatic heterocycles. The normalized spacial score (nSPS) is 9.67. The van der Waals surface area contributed by atoms with Gasteiger partial charge in [-0.25, -0.2) is 0 Å². The first kappa shape index (κ1) is 15.0. The van der Waals surface area contributed by atoms with E-state index in [9.17, 15) is 0 Å². The molecule has 0 fully saturated rings. The molecule has 18 heavy (non-hydrogen) atoms. The monoisotopic (exact) mass is 304 g/mol. The van der Waals surface area contributed by atoms with Crippen LogP contribution in [0.25, 0.3) is 6.08 Å². The van der Waals surface area contributed by atoms with Crippen molar-refractivity contribution < 1.29 is 0 Å². The van der Waals surface area contributed by atoms with E-state index in [0.29, 0.717) is 0 Å². The Morgan fingerprint density at radius 3 is 2.61 bits per heavy atom. The molecule has 1 heteroatoms. The summed E-state index contributed by atoms with van der Waals surface area (Å²) in [5.41, 5.74) is 5.96. The second-order valence-electron chi connectivity index (χ2n) is 4.39. The Morgan fingerprint density at radius 2 is 2.00 bits per heavy atom. The molecule has 0 heterocycles. The molecule has 0 aromatic heterocycles. The van der Waals surface area contributed by atoms with Gasteiger partial charge in [-0.1, -0.05) is 53.9 Å². The molecule has 0 saturated heterocycles. The molecule has 0 saturated carbocycles. The highest BCUT2D eigenvalue weighted by molar-refractivity contribution is 9.10. The van der Waals surface area contributed by atoms with E-state index < -0.39 is 0 Å². The zero-order valence-electron chi connectivity index (χ0n) is 11.1. The summed E-state index contributed by atoms with van der Waals surface area (Å²) in [7, 11) is 0. The van der Waals surface area contributed by atoms with Crippen LogP contribution in [0.3, 0.4) is 0 Å². The van der Waals surface area contributed by atoms with Crippen LogP contribution >= 0.6 is 15.9 Å². The molecule has 96 valence electrons. The van der Waals surface area contributed by atoms with Gasteiger partial charge < -0.3 is 0 Å². The van der Waals surface area contributed by atoms with Crippen LogP contribution in [-0.4, -0.2) is 0 Å². The molecule has 1 rings (SSSR count). The van der Waals surface area contributed by atoms with Gasteiger partial charge in [0.25, 0.3) is 0 Å². The van der Waals surface area contributed by atoms with E-state index in [1.807, 2.05) is 6.08 Å². The lowest BCUT2D eigenvalue weighted by Crippen LogP contribution is -1.81. The zero-order valence-corrected chi connectivity index (χ0v) is 12.7. The molecule has 0 N–H and O–H groups in total. The Kier molecular flexibility index (Phi) is 7.48. The van der Waals surface area contributed by atoms with E-state index >= 15 is 0 Å². The lowest BCUT2D eigenvalue weighted by atomic mass is 10.0. The van der Waals surface area contributed by atoms with Gasteiger partial charge in [-0.3, -0.25) is 0 Å². The van der Waals surface area contributed by atoms with E-state index in [4.69, 9.17) is 0 Å². The summed E-state index contributed by atoms with van der Waals surface area (Å²) in [6, 6.07) is 8.29. The molecule has 0 aliphatic carbocycles. The Labute approximate surface area is 119 Å². The minimum Gasteiger partial charge on any atom is -0.121 e.